The Morgan fingerprint density at radius 2 is 1.91 bits per heavy atom. The fraction of sp³-hybridized carbons (Fsp3) is 0. The van der Waals surface area contributed by atoms with Crippen LogP contribution in [0.5, 0.6) is 5.75 Å². The summed E-state index contributed by atoms with van der Waals surface area (Å²) in [5, 5.41) is 0. The molecule has 0 spiro atoms. The molecular formula is C6H6BrCl2OZr. The van der Waals surface area contributed by atoms with E-state index in [1.807, 2.05) is 24.3 Å². The first kappa shape index (κ1) is 14.5. The van der Waals surface area contributed by atoms with E-state index in [1.165, 1.54) is 0 Å². The quantitative estimate of drug-likeness (QED) is 0.766. The van der Waals surface area contributed by atoms with E-state index < -0.39 is 0 Å². The smallest absolute Gasteiger partial charge is 0.147 e. The van der Waals surface area contributed by atoms with E-state index in [4.69, 9.17) is 2.81 Å². The van der Waals surface area contributed by atoms with E-state index >= 15 is 0 Å². The van der Waals surface area contributed by atoms with Crippen LogP contribution in [-0.2, 0) is 25.2 Å². The van der Waals surface area contributed by atoms with E-state index in [2.05, 4.69) is 15.9 Å². The van der Waals surface area contributed by atoms with Crippen LogP contribution in [0.25, 0.3) is 0 Å². The molecule has 0 atom stereocenters. The SMILES string of the molecule is Brc1cccc([O][Zr])c1.Cl.Cl. The van der Waals surface area contributed by atoms with E-state index in [0.717, 1.165) is 35.4 Å². The van der Waals surface area contributed by atoms with Crippen molar-refractivity contribution in [3.8, 4) is 5.75 Å². The summed E-state index contributed by atoms with van der Waals surface area (Å²) in [7, 11) is 0. The summed E-state index contributed by atoms with van der Waals surface area (Å²) in [6, 6.07) is 7.79. The van der Waals surface area contributed by atoms with Crippen molar-refractivity contribution in [2.24, 2.45) is 0 Å². The van der Waals surface area contributed by atoms with Crippen LogP contribution in [0.3, 0.4) is 0 Å². The number of hydrogen-bond donors (Lipinski definition) is 0. The monoisotopic (exact) mass is 333 g/mol. The minimum atomic E-state index is 0. The van der Waals surface area contributed by atoms with Gasteiger partial charge in [-0.1, -0.05) is 0 Å². The molecule has 0 aromatic heterocycles. The molecule has 0 heterocycles. The molecule has 0 aliphatic carbocycles. The maximum atomic E-state index is 5.06. The molecule has 1 aromatic carbocycles. The number of rotatable bonds is 1. The fourth-order valence-electron chi connectivity index (χ4n) is 0.530. The Balaban J connectivity index is 0. The topological polar surface area (TPSA) is 9.23 Å². The van der Waals surface area contributed by atoms with Crippen LogP contribution in [-0.4, -0.2) is 0 Å². The van der Waals surface area contributed by atoms with Crippen molar-refractivity contribution in [2.75, 3.05) is 0 Å². The minimum absolute atomic E-state index is 0. The third-order valence-electron chi connectivity index (χ3n) is 0.914. The molecule has 11 heavy (non-hydrogen) atoms. The van der Waals surface area contributed by atoms with Gasteiger partial charge in [-0.05, 0) is 0 Å². The van der Waals surface area contributed by atoms with Crippen LogP contribution < -0.4 is 2.81 Å². The Kier molecular flexibility index (Phi) is 10.0. The van der Waals surface area contributed by atoms with Gasteiger partial charge in [-0.3, -0.25) is 0 Å². The van der Waals surface area contributed by atoms with Crippen LogP contribution in [0.2, 0.25) is 0 Å². The summed E-state index contributed by atoms with van der Waals surface area (Å²) < 4.78 is 6.11. The molecule has 0 unspecified atom stereocenters. The molecule has 1 aromatic rings. The summed E-state index contributed by atoms with van der Waals surface area (Å²) in [5.41, 5.74) is 0. The van der Waals surface area contributed by atoms with Gasteiger partial charge in [0.05, 0.1) is 0 Å². The molecule has 0 fully saturated rings. The zero-order valence-corrected chi connectivity index (χ0v) is 11.1. The first-order valence-electron chi connectivity index (χ1n) is 2.42. The second kappa shape index (κ2) is 7.60. The van der Waals surface area contributed by atoms with Gasteiger partial charge in [-0.2, -0.15) is 0 Å². The summed E-state index contributed by atoms with van der Waals surface area (Å²) in [5.74, 6) is 0.919. The summed E-state index contributed by atoms with van der Waals surface area (Å²) in [4.78, 5) is 0. The first-order valence-corrected chi connectivity index (χ1v) is 4.22. The Hall–Kier alpha value is 0.963. The second-order valence-corrected chi connectivity index (χ2v) is 2.98. The van der Waals surface area contributed by atoms with E-state index in [0.29, 0.717) is 0 Å². The summed E-state index contributed by atoms with van der Waals surface area (Å²) in [6.07, 6.45) is 0. The van der Waals surface area contributed by atoms with Crippen LogP contribution in [0.4, 0.5) is 0 Å². The van der Waals surface area contributed by atoms with Crippen molar-refractivity contribution >= 4 is 40.7 Å². The molecular weight excluding hydrogens is 330 g/mol. The van der Waals surface area contributed by atoms with Crippen molar-refractivity contribution in [3.05, 3.63) is 28.7 Å². The third kappa shape index (κ3) is 5.24. The zero-order chi connectivity index (χ0) is 6.69. The second-order valence-electron chi connectivity index (χ2n) is 1.56. The molecule has 1 nitrogen and oxygen atoms in total. The Bertz CT molecular complexity index is 210. The molecule has 1 rings (SSSR count). The number of benzene rings is 1. The number of hydrogen-bond acceptors (Lipinski definition) is 1. The molecule has 0 radical (unpaired) electrons. The van der Waals surface area contributed by atoms with Crippen LogP contribution in [0, 0.1) is 0 Å². The number of halogens is 3. The van der Waals surface area contributed by atoms with Crippen LogP contribution >= 0.6 is 40.7 Å². The minimum Gasteiger partial charge on any atom is -0.147 e. The predicted octanol–water partition coefficient (Wildman–Crippen LogP) is 3.13. The summed E-state index contributed by atoms with van der Waals surface area (Å²) >= 11 is 4.40. The van der Waals surface area contributed by atoms with Gasteiger partial charge in [-0.15, -0.1) is 24.8 Å². The largest absolute Gasteiger partial charge is 0.147 e. The Labute approximate surface area is 102 Å². The standard InChI is InChI=1S/C6H5BrO.2ClH.Zr/c7-5-2-1-3-6(8)4-5;;;/h1-4,8H;2*1H;/q;;;+1/p-1. The Morgan fingerprint density at radius 3 is 2.27 bits per heavy atom. The maximum Gasteiger partial charge on any atom is -0.147 e. The molecule has 0 aliphatic heterocycles. The molecule has 0 aliphatic rings. The van der Waals surface area contributed by atoms with E-state index in [1.54, 1.807) is 0 Å². The van der Waals surface area contributed by atoms with Gasteiger partial charge < -0.3 is 0 Å². The normalized spacial score (nSPS) is 7.27. The molecule has 0 amide bonds. The van der Waals surface area contributed by atoms with Gasteiger partial charge in [0.25, 0.3) is 0 Å². The van der Waals surface area contributed by atoms with Crippen molar-refractivity contribution in [1.82, 2.24) is 0 Å². The molecule has 0 bridgehead atoms. The molecule has 0 N–H and O–H groups in total. The third-order valence-corrected chi connectivity index (χ3v) is 1.99. The van der Waals surface area contributed by atoms with Gasteiger partial charge in [0.1, 0.15) is 0 Å². The van der Waals surface area contributed by atoms with Crippen LogP contribution in [0.1, 0.15) is 0 Å². The fourth-order valence-corrected chi connectivity index (χ4v) is 1.22. The van der Waals surface area contributed by atoms with Gasteiger partial charge in [0.2, 0.25) is 0 Å². The average molecular weight is 336 g/mol. The van der Waals surface area contributed by atoms with Gasteiger partial charge >= 0.3 is 78.4 Å². The van der Waals surface area contributed by atoms with Gasteiger partial charge in [0, 0.05) is 0 Å². The van der Waals surface area contributed by atoms with Crippen molar-refractivity contribution in [3.63, 3.8) is 0 Å². The maximum absolute atomic E-state index is 5.06. The van der Waals surface area contributed by atoms with Crippen molar-refractivity contribution in [2.45, 2.75) is 0 Å². The predicted molar refractivity (Wildman–Crippen MR) is 49.3 cm³/mol. The van der Waals surface area contributed by atoms with Gasteiger partial charge in [-0.25, -0.2) is 0 Å². The Morgan fingerprint density at radius 1 is 1.27 bits per heavy atom. The van der Waals surface area contributed by atoms with E-state index in [-0.39, 0.29) is 24.8 Å². The zero-order valence-electron chi connectivity index (χ0n) is 5.41. The van der Waals surface area contributed by atoms with Gasteiger partial charge in [0.15, 0.2) is 0 Å². The molecule has 0 saturated carbocycles. The van der Waals surface area contributed by atoms with E-state index in [9.17, 15) is 0 Å². The molecule has 61 valence electrons. The van der Waals surface area contributed by atoms with Crippen molar-refractivity contribution in [1.29, 1.82) is 0 Å². The molecule has 5 heteroatoms. The van der Waals surface area contributed by atoms with Crippen molar-refractivity contribution < 1.29 is 28.0 Å². The van der Waals surface area contributed by atoms with Crippen LogP contribution in [0.15, 0.2) is 28.7 Å². The summed E-state index contributed by atoms with van der Waals surface area (Å²) in [6.45, 7) is 0. The molecule has 0 saturated heterocycles. The average Bonchev–Trinajstić information content (AvgIpc) is 1.88. The first-order chi connectivity index (χ1) is 4.33.